The second kappa shape index (κ2) is 6.14. The van der Waals surface area contributed by atoms with E-state index >= 15 is 0 Å². The first kappa shape index (κ1) is 14.0. The fourth-order valence-corrected chi connectivity index (χ4v) is 1.73. The standard InChI is InChI=1S/C15H14F2N2O/c1-19(10-11-6-2-3-7-12(11)16)15(20)18-14-9-5-4-8-13(14)17/h2-9H,10H2,1H3,(H,18,20). The fourth-order valence-electron chi connectivity index (χ4n) is 1.73. The highest BCUT2D eigenvalue weighted by atomic mass is 19.1. The van der Waals surface area contributed by atoms with Gasteiger partial charge in [-0.2, -0.15) is 0 Å². The van der Waals surface area contributed by atoms with E-state index in [-0.39, 0.29) is 18.0 Å². The average molecular weight is 276 g/mol. The molecule has 0 aliphatic carbocycles. The van der Waals surface area contributed by atoms with Crippen LogP contribution in [0.2, 0.25) is 0 Å². The van der Waals surface area contributed by atoms with Crippen LogP contribution in [-0.2, 0) is 6.54 Å². The third kappa shape index (κ3) is 3.32. The van der Waals surface area contributed by atoms with Crippen LogP contribution in [0, 0.1) is 11.6 Å². The Kier molecular flexibility index (Phi) is 4.30. The minimum Gasteiger partial charge on any atom is -0.323 e. The normalized spacial score (nSPS) is 10.2. The first-order valence-electron chi connectivity index (χ1n) is 6.08. The largest absolute Gasteiger partial charge is 0.323 e. The summed E-state index contributed by atoms with van der Waals surface area (Å²) in [6.07, 6.45) is 0. The molecule has 0 saturated carbocycles. The van der Waals surface area contributed by atoms with E-state index in [4.69, 9.17) is 0 Å². The smallest absolute Gasteiger partial charge is 0.321 e. The van der Waals surface area contributed by atoms with Gasteiger partial charge in [0, 0.05) is 19.2 Å². The number of rotatable bonds is 3. The van der Waals surface area contributed by atoms with E-state index in [0.29, 0.717) is 5.56 Å². The molecule has 0 radical (unpaired) electrons. The molecule has 0 bridgehead atoms. The van der Waals surface area contributed by atoms with E-state index in [1.807, 2.05) is 0 Å². The monoisotopic (exact) mass is 276 g/mol. The van der Waals surface area contributed by atoms with Gasteiger partial charge in [-0.25, -0.2) is 13.6 Å². The molecule has 20 heavy (non-hydrogen) atoms. The van der Waals surface area contributed by atoms with Gasteiger partial charge in [0.05, 0.1) is 5.69 Å². The molecule has 0 fully saturated rings. The number of hydrogen-bond acceptors (Lipinski definition) is 1. The number of amides is 2. The van der Waals surface area contributed by atoms with Crippen LogP contribution in [0.4, 0.5) is 19.3 Å². The number of benzene rings is 2. The van der Waals surface area contributed by atoms with Gasteiger partial charge in [0.15, 0.2) is 0 Å². The SMILES string of the molecule is CN(Cc1ccccc1F)C(=O)Nc1ccccc1F. The summed E-state index contributed by atoms with van der Waals surface area (Å²) in [6.45, 7) is 0.104. The van der Waals surface area contributed by atoms with E-state index < -0.39 is 11.8 Å². The summed E-state index contributed by atoms with van der Waals surface area (Å²) in [4.78, 5) is 13.2. The molecule has 2 aromatic rings. The maximum atomic E-state index is 13.5. The molecule has 0 aromatic heterocycles. The van der Waals surface area contributed by atoms with Crippen molar-refractivity contribution >= 4 is 11.7 Å². The lowest BCUT2D eigenvalue weighted by molar-refractivity contribution is 0.220. The molecule has 0 aliphatic rings. The molecular formula is C15H14F2N2O. The Hall–Kier alpha value is -2.43. The molecule has 0 spiro atoms. The van der Waals surface area contributed by atoms with Crippen LogP contribution >= 0.6 is 0 Å². The highest BCUT2D eigenvalue weighted by molar-refractivity contribution is 5.89. The Balaban J connectivity index is 2.03. The van der Waals surface area contributed by atoms with Crippen molar-refractivity contribution in [2.75, 3.05) is 12.4 Å². The summed E-state index contributed by atoms with van der Waals surface area (Å²) in [7, 11) is 1.52. The number of nitrogens with one attached hydrogen (secondary N) is 1. The molecule has 5 heteroatoms. The zero-order chi connectivity index (χ0) is 14.5. The number of urea groups is 1. The minimum absolute atomic E-state index is 0.0953. The molecule has 3 nitrogen and oxygen atoms in total. The van der Waals surface area contributed by atoms with Gasteiger partial charge < -0.3 is 10.2 Å². The van der Waals surface area contributed by atoms with Crippen LogP contribution < -0.4 is 5.32 Å². The van der Waals surface area contributed by atoms with Crippen LogP contribution in [0.3, 0.4) is 0 Å². The highest BCUT2D eigenvalue weighted by Gasteiger charge is 2.13. The van der Waals surface area contributed by atoms with Gasteiger partial charge in [-0.3, -0.25) is 0 Å². The number of para-hydroxylation sites is 1. The number of carbonyl (C=O) groups is 1. The van der Waals surface area contributed by atoms with E-state index in [2.05, 4.69) is 5.32 Å². The fraction of sp³-hybridized carbons (Fsp3) is 0.133. The topological polar surface area (TPSA) is 32.3 Å². The Morgan fingerprint density at radius 2 is 1.65 bits per heavy atom. The van der Waals surface area contributed by atoms with Gasteiger partial charge in [0.2, 0.25) is 0 Å². The number of carbonyl (C=O) groups excluding carboxylic acids is 1. The number of hydrogen-bond donors (Lipinski definition) is 1. The zero-order valence-electron chi connectivity index (χ0n) is 10.9. The molecule has 0 aliphatic heterocycles. The van der Waals surface area contributed by atoms with E-state index in [9.17, 15) is 13.6 Å². The van der Waals surface area contributed by atoms with Gasteiger partial charge in [-0.1, -0.05) is 30.3 Å². The lowest BCUT2D eigenvalue weighted by Crippen LogP contribution is -2.31. The summed E-state index contributed by atoms with van der Waals surface area (Å²) in [5, 5.41) is 2.44. The Morgan fingerprint density at radius 3 is 2.30 bits per heavy atom. The zero-order valence-corrected chi connectivity index (χ0v) is 10.9. The lowest BCUT2D eigenvalue weighted by Gasteiger charge is -2.18. The van der Waals surface area contributed by atoms with Crippen molar-refractivity contribution in [2.45, 2.75) is 6.54 Å². The average Bonchev–Trinajstić information content (AvgIpc) is 2.43. The second-order valence-electron chi connectivity index (χ2n) is 4.36. The third-order valence-corrected chi connectivity index (χ3v) is 2.83. The van der Waals surface area contributed by atoms with Gasteiger partial charge >= 0.3 is 6.03 Å². The van der Waals surface area contributed by atoms with Gasteiger partial charge in [-0.15, -0.1) is 0 Å². The molecule has 0 heterocycles. The first-order chi connectivity index (χ1) is 9.58. The van der Waals surface area contributed by atoms with E-state index in [0.717, 1.165) is 0 Å². The molecule has 0 saturated heterocycles. The quantitative estimate of drug-likeness (QED) is 0.912. The number of halogens is 2. The van der Waals surface area contributed by atoms with Crippen LogP contribution in [0.25, 0.3) is 0 Å². The van der Waals surface area contributed by atoms with Crippen LogP contribution in [0.1, 0.15) is 5.56 Å². The molecule has 0 unspecified atom stereocenters. The molecule has 104 valence electrons. The molecular weight excluding hydrogens is 262 g/mol. The van der Waals surface area contributed by atoms with Crippen molar-refractivity contribution in [1.82, 2.24) is 4.90 Å². The Morgan fingerprint density at radius 1 is 1.05 bits per heavy atom. The summed E-state index contributed by atoms with van der Waals surface area (Å²) < 4.78 is 26.9. The van der Waals surface area contributed by atoms with Crippen molar-refractivity contribution in [3.05, 3.63) is 65.7 Å². The highest BCUT2D eigenvalue weighted by Crippen LogP contribution is 2.14. The summed E-state index contributed by atoms with van der Waals surface area (Å²) in [5.74, 6) is -0.891. The van der Waals surface area contributed by atoms with E-state index in [1.165, 1.54) is 36.2 Å². The molecule has 0 atom stereocenters. The number of anilines is 1. The van der Waals surface area contributed by atoms with E-state index in [1.54, 1.807) is 24.3 Å². The lowest BCUT2D eigenvalue weighted by atomic mass is 10.2. The van der Waals surface area contributed by atoms with Gasteiger partial charge in [0.25, 0.3) is 0 Å². The van der Waals surface area contributed by atoms with Crippen molar-refractivity contribution in [3.8, 4) is 0 Å². The molecule has 2 amide bonds. The molecule has 2 aromatic carbocycles. The first-order valence-corrected chi connectivity index (χ1v) is 6.08. The minimum atomic E-state index is -0.514. The molecule has 1 N–H and O–H groups in total. The predicted octanol–water partition coefficient (Wildman–Crippen LogP) is 3.63. The summed E-state index contributed by atoms with van der Waals surface area (Å²) >= 11 is 0. The summed E-state index contributed by atoms with van der Waals surface area (Å²) in [6, 6.07) is 11.6. The van der Waals surface area contributed by atoms with Crippen molar-refractivity contribution in [2.24, 2.45) is 0 Å². The van der Waals surface area contributed by atoms with Crippen molar-refractivity contribution in [1.29, 1.82) is 0 Å². The van der Waals surface area contributed by atoms with Crippen molar-refractivity contribution < 1.29 is 13.6 Å². The maximum absolute atomic E-state index is 13.5. The maximum Gasteiger partial charge on any atom is 0.321 e. The molecule has 2 rings (SSSR count). The van der Waals surface area contributed by atoms with Gasteiger partial charge in [-0.05, 0) is 18.2 Å². The van der Waals surface area contributed by atoms with Crippen molar-refractivity contribution in [3.63, 3.8) is 0 Å². The predicted molar refractivity (Wildman–Crippen MR) is 73.3 cm³/mol. The van der Waals surface area contributed by atoms with Crippen LogP contribution in [-0.4, -0.2) is 18.0 Å². The third-order valence-electron chi connectivity index (χ3n) is 2.83. The van der Waals surface area contributed by atoms with Gasteiger partial charge in [0.1, 0.15) is 11.6 Å². The summed E-state index contributed by atoms with van der Waals surface area (Å²) in [5.41, 5.74) is 0.497. The van der Waals surface area contributed by atoms with Crippen LogP contribution in [0.5, 0.6) is 0 Å². The number of nitrogens with zero attached hydrogens (tertiary/aromatic N) is 1. The Bertz CT molecular complexity index is 616. The van der Waals surface area contributed by atoms with Crippen LogP contribution in [0.15, 0.2) is 48.5 Å². The second-order valence-corrected chi connectivity index (χ2v) is 4.36. The Labute approximate surface area is 115 Å².